The molecule has 2 atom stereocenters. The van der Waals surface area contributed by atoms with Gasteiger partial charge in [0, 0.05) is 4.47 Å². The first-order valence-corrected chi connectivity index (χ1v) is 9.06. The molecule has 0 aliphatic heterocycles. The monoisotopic (exact) mass is 404 g/mol. The maximum atomic E-state index is 12.8. The maximum absolute atomic E-state index is 12.8. The molecule has 0 amide bonds. The fourth-order valence-electron chi connectivity index (χ4n) is 3.30. The minimum atomic E-state index is -0.268. The Hall–Kier alpha value is -1.58. The van der Waals surface area contributed by atoms with Gasteiger partial charge in [-0.05, 0) is 63.5 Å². The van der Waals surface area contributed by atoms with Gasteiger partial charge in [0.25, 0.3) is 0 Å². The summed E-state index contributed by atoms with van der Waals surface area (Å²) in [6.45, 7) is 4.11. The molecule has 24 heavy (non-hydrogen) atoms. The van der Waals surface area contributed by atoms with Gasteiger partial charge >= 0.3 is 5.97 Å². The van der Waals surface area contributed by atoms with Crippen molar-refractivity contribution >= 4 is 33.5 Å². The first kappa shape index (κ1) is 17.2. The molecule has 2 nitrogen and oxygen atoms in total. The second-order valence-corrected chi connectivity index (χ2v) is 7.29. The second kappa shape index (κ2) is 7.54. The highest BCUT2D eigenvalue weighted by atomic mass is 79.9. The molecule has 0 heterocycles. The van der Waals surface area contributed by atoms with E-state index in [1.807, 2.05) is 48.5 Å². The first-order chi connectivity index (χ1) is 11.6. The number of carbonyl (C=O) groups excluding carboxylic acids is 1. The molecule has 1 aliphatic rings. The van der Waals surface area contributed by atoms with Gasteiger partial charge in [-0.2, -0.15) is 0 Å². The number of carbonyl (C=O) groups is 1. The largest absolute Gasteiger partial charge is 0.460 e. The summed E-state index contributed by atoms with van der Waals surface area (Å²) < 4.78 is 6.40. The molecule has 2 aromatic rings. The summed E-state index contributed by atoms with van der Waals surface area (Å²) >= 11 is 9.66. The Kier molecular flexibility index (Phi) is 5.42. The number of rotatable bonds is 5. The fourth-order valence-corrected chi connectivity index (χ4v) is 3.84. The molecule has 2 unspecified atom stereocenters. The number of benzene rings is 2. The van der Waals surface area contributed by atoms with Crippen LogP contribution in [0.2, 0.25) is 5.02 Å². The molecule has 2 aromatic carbocycles. The number of ether oxygens (including phenoxy) is 1. The van der Waals surface area contributed by atoms with E-state index < -0.39 is 0 Å². The first-order valence-electron chi connectivity index (χ1n) is 7.89. The zero-order valence-electron chi connectivity index (χ0n) is 13.2. The Bertz CT molecular complexity index is 758. The fraction of sp³-hybridized carbons (Fsp3) is 0.250. The van der Waals surface area contributed by atoms with Gasteiger partial charge in [0.1, 0.15) is 6.61 Å². The third-order valence-electron chi connectivity index (χ3n) is 4.42. The van der Waals surface area contributed by atoms with Crippen molar-refractivity contribution in [1.29, 1.82) is 0 Å². The Balaban J connectivity index is 1.82. The molecule has 3 rings (SSSR count). The zero-order valence-corrected chi connectivity index (χ0v) is 15.5. The summed E-state index contributed by atoms with van der Waals surface area (Å²) in [6.07, 6.45) is 3.46. The summed E-state index contributed by atoms with van der Waals surface area (Å²) in [4.78, 5) is 12.8. The van der Waals surface area contributed by atoms with Crippen LogP contribution in [0.3, 0.4) is 0 Å². The Labute approximate surface area is 155 Å². The van der Waals surface area contributed by atoms with E-state index in [-0.39, 0.29) is 17.8 Å². The minimum Gasteiger partial charge on any atom is -0.460 e. The predicted octanol–water partition coefficient (Wildman–Crippen LogP) is 5.68. The van der Waals surface area contributed by atoms with Crippen LogP contribution in [0.25, 0.3) is 0 Å². The van der Waals surface area contributed by atoms with Crippen LogP contribution in [0.5, 0.6) is 0 Å². The third kappa shape index (κ3) is 3.57. The minimum absolute atomic E-state index is 0.172. The third-order valence-corrected chi connectivity index (χ3v) is 5.62. The highest BCUT2D eigenvalue weighted by Gasteiger charge is 2.38. The molecule has 0 fully saturated rings. The summed E-state index contributed by atoms with van der Waals surface area (Å²) in [5.41, 5.74) is 3.12. The van der Waals surface area contributed by atoms with Crippen molar-refractivity contribution in [2.45, 2.75) is 25.4 Å². The van der Waals surface area contributed by atoms with Crippen LogP contribution >= 0.6 is 27.5 Å². The summed E-state index contributed by atoms with van der Waals surface area (Å²) in [5.74, 6) is -0.278. The zero-order chi connectivity index (χ0) is 17.1. The molecule has 0 bridgehead atoms. The van der Waals surface area contributed by atoms with Gasteiger partial charge in [-0.15, -0.1) is 6.58 Å². The molecular weight excluding hydrogens is 388 g/mol. The number of hydrogen-bond donors (Lipinski definition) is 0. The van der Waals surface area contributed by atoms with Crippen molar-refractivity contribution in [2.75, 3.05) is 0 Å². The number of halogens is 2. The Morgan fingerprint density at radius 3 is 2.79 bits per heavy atom. The van der Waals surface area contributed by atoms with Gasteiger partial charge in [-0.25, -0.2) is 0 Å². The molecule has 0 spiro atoms. The van der Waals surface area contributed by atoms with E-state index in [2.05, 4.69) is 22.5 Å². The average molecular weight is 406 g/mol. The summed E-state index contributed by atoms with van der Waals surface area (Å²) in [5, 5.41) is 0.671. The highest BCUT2D eigenvalue weighted by molar-refractivity contribution is 9.10. The molecule has 0 saturated heterocycles. The normalized spacial score (nSPS) is 18.9. The standard InChI is InChI=1S/C20H18BrClO2/c1-2-6-14-9-15-10-18(22)17(21)11-16(15)19(14)20(23)24-12-13-7-4-3-5-8-13/h2-5,7-8,10-11,14,19H,1,6,9,12H2. The van der Waals surface area contributed by atoms with E-state index in [1.54, 1.807) is 0 Å². The van der Waals surface area contributed by atoms with Gasteiger partial charge < -0.3 is 4.74 Å². The molecule has 4 heteroatoms. The number of fused-ring (bicyclic) bond motifs is 1. The number of allylic oxidation sites excluding steroid dienone is 1. The average Bonchev–Trinajstić information content (AvgIpc) is 2.91. The van der Waals surface area contributed by atoms with E-state index in [9.17, 15) is 4.79 Å². The molecule has 0 N–H and O–H groups in total. The van der Waals surface area contributed by atoms with Gasteiger partial charge in [-0.1, -0.05) is 48.0 Å². The number of esters is 1. The van der Waals surface area contributed by atoms with Gasteiger partial charge in [0.15, 0.2) is 0 Å². The SMILES string of the molecule is C=CCC1Cc2cc(Cl)c(Br)cc2C1C(=O)OCc1ccccc1. The predicted molar refractivity (Wildman–Crippen MR) is 100 cm³/mol. The summed E-state index contributed by atoms with van der Waals surface area (Å²) in [7, 11) is 0. The highest BCUT2D eigenvalue weighted by Crippen LogP contribution is 2.43. The Morgan fingerprint density at radius 2 is 2.08 bits per heavy atom. The molecule has 1 aliphatic carbocycles. The molecule has 0 radical (unpaired) electrons. The van der Waals surface area contributed by atoms with Crippen molar-refractivity contribution in [3.05, 3.63) is 81.3 Å². The van der Waals surface area contributed by atoms with Gasteiger partial charge in [0.2, 0.25) is 0 Å². The van der Waals surface area contributed by atoms with Crippen LogP contribution in [0.4, 0.5) is 0 Å². The Morgan fingerprint density at radius 1 is 1.33 bits per heavy atom. The van der Waals surface area contributed by atoms with Crippen molar-refractivity contribution in [3.8, 4) is 0 Å². The van der Waals surface area contributed by atoms with E-state index in [0.717, 1.165) is 34.0 Å². The number of hydrogen-bond acceptors (Lipinski definition) is 2. The van der Waals surface area contributed by atoms with Crippen LogP contribution in [-0.2, 0) is 22.6 Å². The van der Waals surface area contributed by atoms with Crippen LogP contribution in [-0.4, -0.2) is 5.97 Å². The lowest BCUT2D eigenvalue weighted by Crippen LogP contribution is -2.20. The van der Waals surface area contributed by atoms with Gasteiger partial charge in [-0.3, -0.25) is 4.79 Å². The van der Waals surface area contributed by atoms with E-state index in [0.29, 0.717) is 11.6 Å². The van der Waals surface area contributed by atoms with Crippen LogP contribution in [0.15, 0.2) is 59.6 Å². The molecule has 0 aromatic heterocycles. The summed E-state index contributed by atoms with van der Waals surface area (Å²) in [6, 6.07) is 13.6. The van der Waals surface area contributed by atoms with Crippen LogP contribution in [0, 0.1) is 5.92 Å². The lowest BCUT2D eigenvalue weighted by molar-refractivity contribution is -0.148. The quantitative estimate of drug-likeness (QED) is 0.472. The van der Waals surface area contributed by atoms with Gasteiger partial charge in [0.05, 0.1) is 10.9 Å². The van der Waals surface area contributed by atoms with Crippen molar-refractivity contribution < 1.29 is 9.53 Å². The molecule has 0 saturated carbocycles. The van der Waals surface area contributed by atoms with Crippen molar-refractivity contribution in [2.24, 2.45) is 5.92 Å². The second-order valence-electron chi connectivity index (χ2n) is 6.02. The van der Waals surface area contributed by atoms with Crippen molar-refractivity contribution in [1.82, 2.24) is 0 Å². The van der Waals surface area contributed by atoms with E-state index in [1.165, 1.54) is 0 Å². The smallest absolute Gasteiger partial charge is 0.314 e. The van der Waals surface area contributed by atoms with E-state index in [4.69, 9.17) is 16.3 Å². The van der Waals surface area contributed by atoms with Crippen LogP contribution < -0.4 is 0 Å². The lowest BCUT2D eigenvalue weighted by atomic mass is 9.90. The van der Waals surface area contributed by atoms with Crippen LogP contribution in [0.1, 0.15) is 29.0 Å². The maximum Gasteiger partial charge on any atom is 0.314 e. The topological polar surface area (TPSA) is 26.3 Å². The molecular formula is C20H18BrClO2. The molecule has 124 valence electrons. The van der Waals surface area contributed by atoms with E-state index >= 15 is 0 Å². The lowest BCUT2D eigenvalue weighted by Gasteiger charge is -2.18. The van der Waals surface area contributed by atoms with Crippen molar-refractivity contribution in [3.63, 3.8) is 0 Å².